The number of hydrogen-bond acceptors (Lipinski definition) is 6. The Labute approximate surface area is 142 Å². The average molecular weight is 338 g/mol. The molecule has 0 aliphatic carbocycles. The van der Waals surface area contributed by atoms with E-state index in [2.05, 4.69) is 9.97 Å². The molecule has 1 amide bonds. The quantitative estimate of drug-likeness (QED) is 0.260. The van der Waals surface area contributed by atoms with Crippen LogP contribution in [0.3, 0.4) is 0 Å². The van der Waals surface area contributed by atoms with Gasteiger partial charge < -0.3 is 0 Å². The van der Waals surface area contributed by atoms with Crippen molar-refractivity contribution in [3.63, 3.8) is 0 Å². The van der Waals surface area contributed by atoms with Crippen molar-refractivity contribution in [3.05, 3.63) is 53.4 Å². The van der Waals surface area contributed by atoms with Crippen LogP contribution in [-0.2, 0) is 9.59 Å². The molecule has 120 valence electrons. The first-order valence-electron chi connectivity index (χ1n) is 7.13. The van der Waals surface area contributed by atoms with Gasteiger partial charge in [0.2, 0.25) is 0 Å². The van der Waals surface area contributed by atoms with E-state index in [-0.39, 0.29) is 5.57 Å². The third-order valence-electron chi connectivity index (χ3n) is 3.43. The number of nitrogens with two attached hydrogens (primary N) is 1. The lowest BCUT2D eigenvalue weighted by atomic mass is 10.2. The van der Waals surface area contributed by atoms with Gasteiger partial charge in [0.25, 0.3) is 5.91 Å². The number of aromatic nitrogens is 2. The van der Waals surface area contributed by atoms with Gasteiger partial charge in [-0.05, 0) is 36.6 Å². The van der Waals surface area contributed by atoms with Crippen LogP contribution in [0.4, 0.5) is 5.82 Å². The number of hydrogen-bond donors (Lipinski definition) is 1. The second-order valence-corrected chi connectivity index (χ2v) is 5.97. The first-order chi connectivity index (χ1) is 11.6. The number of amides is 1. The summed E-state index contributed by atoms with van der Waals surface area (Å²) in [4.78, 5) is 32.9. The number of aldehydes is 1. The summed E-state index contributed by atoms with van der Waals surface area (Å²) in [7, 11) is 0. The highest BCUT2D eigenvalue weighted by Crippen LogP contribution is 2.28. The summed E-state index contributed by atoms with van der Waals surface area (Å²) in [5, 5.41) is 3.54. The van der Waals surface area contributed by atoms with Crippen molar-refractivity contribution in [2.24, 2.45) is 5.84 Å². The minimum Gasteiger partial charge on any atom is -0.299 e. The Kier molecular flexibility index (Phi) is 4.45. The zero-order valence-electron chi connectivity index (χ0n) is 12.8. The predicted molar refractivity (Wildman–Crippen MR) is 94.3 cm³/mol. The number of hydrazine groups is 1. The molecule has 0 radical (unpaired) electrons. The van der Waals surface area contributed by atoms with Gasteiger partial charge in [-0.15, -0.1) is 11.3 Å². The molecule has 0 bridgehead atoms. The maximum atomic E-state index is 12.4. The largest absolute Gasteiger partial charge is 0.299 e. The number of fused-ring (bicyclic) bond motifs is 1. The normalized spacial score (nSPS) is 11.5. The molecule has 3 rings (SSSR count). The van der Waals surface area contributed by atoms with Gasteiger partial charge in [0.15, 0.2) is 11.6 Å². The molecule has 0 aliphatic heterocycles. The highest BCUT2D eigenvalue weighted by molar-refractivity contribution is 7.13. The Morgan fingerprint density at radius 3 is 2.71 bits per heavy atom. The van der Waals surface area contributed by atoms with Crippen molar-refractivity contribution >= 4 is 40.3 Å². The number of para-hydroxylation sites is 1. The van der Waals surface area contributed by atoms with E-state index in [0.717, 1.165) is 9.89 Å². The molecule has 2 aromatic heterocycles. The molecule has 1 aromatic carbocycles. The number of carbonyl (C=O) groups excluding carboxylic acids is 2. The molecule has 0 spiro atoms. The minimum atomic E-state index is -0.497. The molecule has 0 unspecified atom stereocenters. The number of anilines is 1. The van der Waals surface area contributed by atoms with E-state index < -0.39 is 5.91 Å². The topological polar surface area (TPSA) is 89.2 Å². The molecule has 3 aromatic rings. The summed E-state index contributed by atoms with van der Waals surface area (Å²) in [6, 6.07) is 11.1. The highest BCUT2D eigenvalue weighted by atomic mass is 32.1. The Morgan fingerprint density at radius 2 is 2.00 bits per heavy atom. The third-order valence-corrected chi connectivity index (χ3v) is 4.29. The van der Waals surface area contributed by atoms with Crippen LogP contribution in [0, 0.1) is 0 Å². The number of carbonyl (C=O) groups is 2. The SMILES string of the molecule is C/C(=C/C=O)C(=O)N(N)c1nc(-c2cccs2)nc2ccccc12. The first kappa shape index (κ1) is 16.0. The average Bonchev–Trinajstić information content (AvgIpc) is 3.14. The molecule has 24 heavy (non-hydrogen) atoms. The van der Waals surface area contributed by atoms with E-state index in [1.54, 1.807) is 6.07 Å². The fraction of sp³-hybridized carbons (Fsp3) is 0.0588. The van der Waals surface area contributed by atoms with Crippen molar-refractivity contribution in [1.29, 1.82) is 0 Å². The van der Waals surface area contributed by atoms with Gasteiger partial charge >= 0.3 is 0 Å². The fourth-order valence-electron chi connectivity index (χ4n) is 2.22. The second-order valence-electron chi connectivity index (χ2n) is 5.03. The number of benzene rings is 1. The molecule has 2 N–H and O–H groups in total. The van der Waals surface area contributed by atoms with E-state index >= 15 is 0 Å². The Hall–Kier alpha value is -2.90. The second kappa shape index (κ2) is 6.69. The molecule has 2 heterocycles. The number of rotatable bonds is 4. The monoisotopic (exact) mass is 338 g/mol. The standard InChI is InChI=1S/C17H14N4O2S/c1-11(8-9-22)17(23)21(18)16-12-5-2-3-6-13(12)19-15(20-16)14-7-4-10-24-14/h2-10H,18H2,1H3/b11-8-. The Balaban J connectivity index is 2.17. The van der Waals surface area contributed by atoms with Gasteiger partial charge in [-0.3, -0.25) is 9.59 Å². The summed E-state index contributed by atoms with van der Waals surface area (Å²) < 4.78 is 0. The van der Waals surface area contributed by atoms with Gasteiger partial charge in [-0.25, -0.2) is 20.8 Å². The summed E-state index contributed by atoms with van der Waals surface area (Å²) in [6.07, 6.45) is 1.72. The van der Waals surface area contributed by atoms with Gasteiger partial charge in [0.1, 0.15) is 6.29 Å². The number of allylic oxidation sites excluding steroid dienone is 1. The highest BCUT2D eigenvalue weighted by Gasteiger charge is 2.19. The van der Waals surface area contributed by atoms with E-state index in [1.807, 2.05) is 35.7 Å². The zero-order chi connectivity index (χ0) is 17.1. The van der Waals surface area contributed by atoms with Crippen LogP contribution in [-0.4, -0.2) is 22.2 Å². The summed E-state index contributed by atoms with van der Waals surface area (Å²) >= 11 is 1.50. The van der Waals surface area contributed by atoms with Crippen molar-refractivity contribution < 1.29 is 9.59 Å². The summed E-state index contributed by atoms with van der Waals surface area (Å²) in [5.41, 5.74) is 0.916. The maximum absolute atomic E-state index is 12.4. The van der Waals surface area contributed by atoms with Crippen molar-refractivity contribution in [2.75, 3.05) is 5.01 Å². The molecule has 0 atom stereocenters. The van der Waals surface area contributed by atoms with Crippen LogP contribution < -0.4 is 10.9 Å². The molecule has 0 saturated heterocycles. The van der Waals surface area contributed by atoms with Crippen LogP contribution in [0.5, 0.6) is 0 Å². The lowest BCUT2D eigenvalue weighted by molar-refractivity contribution is -0.115. The Bertz CT molecular complexity index is 935. The summed E-state index contributed by atoms with van der Waals surface area (Å²) in [5.74, 6) is 6.30. The van der Waals surface area contributed by atoms with E-state index in [9.17, 15) is 9.59 Å². The number of nitrogens with zero attached hydrogens (tertiary/aromatic N) is 3. The molecular weight excluding hydrogens is 324 g/mol. The maximum Gasteiger partial charge on any atom is 0.269 e. The fourth-order valence-corrected chi connectivity index (χ4v) is 2.88. The minimum absolute atomic E-state index is 0.230. The molecule has 6 nitrogen and oxygen atoms in total. The van der Waals surface area contributed by atoms with Crippen LogP contribution in [0.1, 0.15) is 6.92 Å². The van der Waals surface area contributed by atoms with Crippen molar-refractivity contribution in [3.8, 4) is 10.7 Å². The van der Waals surface area contributed by atoms with Crippen LogP contribution >= 0.6 is 11.3 Å². The van der Waals surface area contributed by atoms with E-state index in [1.165, 1.54) is 24.3 Å². The lowest BCUT2D eigenvalue weighted by Crippen LogP contribution is -2.39. The van der Waals surface area contributed by atoms with Crippen LogP contribution in [0.2, 0.25) is 0 Å². The van der Waals surface area contributed by atoms with Crippen molar-refractivity contribution in [1.82, 2.24) is 9.97 Å². The number of thiophene rings is 1. The van der Waals surface area contributed by atoms with Crippen LogP contribution in [0.25, 0.3) is 21.6 Å². The van der Waals surface area contributed by atoms with E-state index in [0.29, 0.717) is 28.8 Å². The lowest BCUT2D eigenvalue weighted by Gasteiger charge is -2.18. The van der Waals surface area contributed by atoms with Gasteiger partial charge in [0.05, 0.1) is 10.4 Å². The summed E-state index contributed by atoms with van der Waals surface area (Å²) in [6.45, 7) is 1.53. The van der Waals surface area contributed by atoms with Crippen LogP contribution in [0.15, 0.2) is 53.4 Å². The molecule has 7 heteroatoms. The molecule has 0 aliphatic rings. The molecular formula is C17H14N4O2S. The van der Waals surface area contributed by atoms with Gasteiger partial charge in [0, 0.05) is 11.0 Å². The molecule has 0 saturated carbocycles. The van der Waals surface area contributed by atoms with Crippen molar-refractivity contribution in [2.45, 2.75) is 6.92 Å². The van der Waals surface area contributed by atoms with Gasteiger partial charge in [-0.1, -0.05) is 18.2 Å². The Morgan fingerprint density at radius 1 is 1.21 bits per heavy atom. The van der Waals surface area contributed by atoms with E-state index in [4.69, 9.17) is 5.84 Å². The first-order valence-corrected chi connectivity index (χ1v) is 8.01. The van der Waals surface area contributed by atoms with Gasteiger partial charge in [-0.2, -0.15) is 0 Å². The molecule has 0 fully saturated rings. The predicted octanol–water partition coefficient (Wildman–Crippen LogP) is 2.71. The zero-order valence-corrected chi connectivity index (χ0v) is 13.7. The third kappa shape index (κ3) is 2.94. The smallest absolute Gasteiger partial charge is 0.269 e.